The van der Waals surface area contributed by atoms with Crippen LogP contribution in [0.5, 0.6) is 5.75 Å². The van der Waals surface area contributed by atoms with Crippen molar-refractivity contribution in [3.05, 3.63) is 83.8 Å². The Morgan fingerprint density at radius 2 is 1.87 bits per heavy atom. The minimum atomic E-state index is -1.19. The summed E-state index contributed by atoms with van der Waals surface area (Å²) in [5.74, 6) is -0.158. The second kappa shape index (κ2) is 12.5. The smallest absolute Gasteiger partial charge is 0.277 e. The Labute approximate surface area is 230 Å². The minimum Gasteiger partial charge on any atom is -0.493 e. The number of nitrogens with zero attached hydrogens (tertiary/aromatic N) is 3. The lowest BCUT2D eigenvalue weighted by Gasteiger charge is -2.21. The first-order chi connectivity index (χ1) is 18.7. The Morgan fingerprint density at radius 1 is 1.08 bits per heavy atom. The molecule has 0 atom stereocenters. The molecule has 0 unspecified atom stereocenters. The van der Waals surface area contributed by atoms with Crippen LogP contribution in [0, 0.1) is 5.82 Å². The van der Waals surface area contributed by atoms with Crippen molar-refractivity contribution in [2.75, 3.05) is 20.3 Å². The quantitative estimate of drug-likeness (QED) is 0.111. The van der Waals surface area contributed by atoms with Gasteiger partial charge in [-0.15, -0.1) is 0 Å². The van der Waals surface area contributed by atoms with Gasteiger partial charge in [-0.2, -0.15) is 5.10 Å². The monoisotopic (exact) mass is 549 g/mol. The molecule has 0 radical (unpaired) electrons. The fraction of sp³-hybridized carbons (Fsp3) is 0.333. The molecule has 39 heavy (non-hydrogen) atoms. The van der Waals surface area contributed by atoms with Gasteiger partial charge in [0.2, 0.25) is 0 Å². The van der Waals surface area contributed by atoms with Crippen molar-refractivity contribution < 1.29 is 23.5 Å². The lowest BCUT2D eigenvalue weighted by Crippen LogP contribution is -2.29. The van der Waals surface area contributed by atoms with Gasteiger partial charge in [-0.3, -0.25) is 9.63 Å². The van der Waals surface area contributed by atoms with Gasteiger partial charge in [0, 0.05) is 36.8 Å². The summed E-state index contributed by atoms with van der Waals surface area (Å²) in [7, 11) is 0.280. The molecule has 4 aromatic rings. The maximum atomic E-state index is 13.9. The Kier molecular flexibility index (Phi) is 9.16. The van der Waals surface area contributed by atoms with Crippen LogP contribution >= 0.6 is 0 Å². The molecule has 0 fully saturated rings. The second-order valence-corrected chi connectivity index (χ2v) is 16.1. The van der Waals surface area contributed by atoms with Crippen LogP contribution in [-0.2, 0) is 22.9 Å². The molecule has 1 aromatic heterocycles. The predicted octanol–water partition coefficient (Wildman–Crippen LogP) is 6.76. The summed E-state index contributed by atoms with van der Waals surface area (Å²) < 4.78 is 27.5. The van der Waals surface area contributed by atoms with E-state index < -0.39 is 8.07 Å². The predicted molar refractivity (Wildman–Crippen MR) is 154 cm³/mol. The Balaban J connectivity index is 1.57. The maximum Gasteiger partial charge on any atom is 0.277 e. The van der Waals surface area contributed by atoms with Gasteiger partial charge in [-0.1, -0.05) is 50.0 Å². The van der Waals surface area contributed by atoms with Crippen LogP contribution < -0.4 is 4.74 Å². The van der Waals surface area contributed by atoms with E-state index in [0.717, 1.165) is 22.5 Å². The fourth-order valence-corrected chi connectivity index (χ4v) is 5.07. The number of benzene rings is 3. The van der Waals surface area contributed by atoms with Crippen molar-refractivity contribution >= 4 is 24.9 Å². The number of fused-ring (bicyclic) bond motifs is 1. The number of rotatable bonds is 12. The van der Waals surface area contributed by atoms with Crippen LogP contribution in [0.25, 0.3) is 22.0 Å². The molecule has 0 aliphatic carbocycles. The number of halogens is 1. The van der Waals surface area contributed by atoms with Crippen LogP contribution in [0.15, 0.2) is 66.9 Å². The normalized spacial score (nSPS) is 11.6. The average Bonchev–Trinajstić information content (AvgIpc) is 3.33. The molecule has 0 saturated carbocycles. The number of ether oxygens (including phenoxy) is 2. The highest BCUT2D eigenvalue weighted by Gasteiger charge is 2.21. The van der Waals surface area contributed by atoms with E-state index in [1.807, 2.05) is 35.9 Å². The van der Waals surface area contributed by atoms with Gasteiger partial charge in [0.1, 0.15) is 18.3 Å². The number of para-hydroxylation sites is 1. The molecule has 0 aliphatic rings. The highest BCUT2D eigenvalue weighted by atomic mass is 28.3. The molecule has 1 heterocycles. The van der Waals surface area contributed by atoms with E-state index in [4.69, 9.17) is 14.3 Å². The summed E-state index contributed by atoms with van der Waals surface area (Å²) >= 11 is 0. The van der Waals surface area contributed by atoms with Crippen molar-refractivity contribution in [2.45, 2.75) is 45.9 Å². The van der Waals surface area contributed by atoms with Crippen LogP contribution in [-0.4, -0.2) is 49.1 Å². The van der Waals surface area contributed by atoms with Crippen molar-refractivity contribution in [2.24, 2.45) is 0 Å². The van der Waals surface area contributed by atoms with Crippen LogP contribution in [0.3, 0.4) is 0 Å². The van der Waals surface area contributed by atoms with Crippen molar-refractivity contribution in [1.29, 1.82) is 0 Å². The summed E-state index contributed by atoms with van der Waals surface area (Å²) in [5, 5.41) is 6.79. The van der Waals surface area contributed by atoms with Crippen molar-refractivity contribution in [3.8, 4) is 16.9 Å². The number of aromatic nitrogens is 2. The number of carbonyl (C=O) groups is 1. The molecule has 0 bridgehead atoms. The first-order valence-electron chi connectivity index (χ1n) is 13.1. The molecule has 0 N–H and O–H groups in total. The topological polar surface area (TPSA) is 65.8 Å². The molecule has 206 valence electrons. The van der Waals surface area contributed by atoms with E-state index in [0.29, 0.717) is 42.4 Å². The van der Waals surface area contributed by atoms with E-state index in [1.54, 1.807) is 30.5 Å². The van der Waals surface area contributed by atoms with E-state index >= 15 is 0 Å². The number of amides is 1. The number of hydrogen-bond acceptors (Lipinski definition) is 5. The van der Waals surface area contributed by atoms with E-state index in [-0.39, 0.29) is 18.3 Å². The molecular formula is C30H36FN3O4Si. The summed E-state index contributed by atoms with van der Waals surface area (Å²) in [6, 6.07) is 18.4. The zero-order valence-corrected chi connectivity index (χ0v) is 24.2. The standard InChI is InChI=1S/C30H36FN3O4Si/c1-6-38-28-18-23(13-14-27(28)22-9-8-12-26(31)17-22)30(35)34(36-2)20-25-11-7-10-24-19-32-33(29(24)25)21-37-15-16-39(3,4)5/h7-14,17-19H,6,15-16,20-21H2,1-5H3. The third kappa shape index (κ3) is 7.11. The molecule has 1 amide bonds. The lowest BCUT2D eigenvalue weighted by atomic mass is 10.0. The van der Waals surface area contributed by atoms with E-state index in [2.05, 4.69) is 24.7 Å². The average molecular weight is 550 g/mol. The third-order valence-electron chi connectivity index (χ3n) is 6.38. The highest BCUT2D eigenvalue weighted by Crippen LogP contribution is 2.32. The summed E-state index contributed by atoms with van der Waals surface area (Å²) in [5.41, 5.74) is 3.57. The number of hydroxylamine groups is 2. The molecule has 0 spiro atoms. The summed E-state index contributed by atoms with van der Waals surface area (Å²) in [6.45, 7) is 10.5. The molecule has 9 heteroatoms. The van der Waals surface area contributed by atoms with Gasteiger partial charge < -0.3 is 9.47 Å². The SMILES string of the molecule is CCOc1cc(C(=O)N(Cc2cccc3cnn(COCC[Si](C)(C)C)c23)OC)ccc1-c1cccc(F)c1. The number of carbonyl (C=O) groups excluding carboxylic acids is 1. The van der Waals surface area contributed by atoms with Gasteiger partial charge in [-0.05, 0) is 48.9 Å². The van der Waals surface area contributed by atoms with Gasteiger partial charge in [-0.25, -0.2) is 14.1 Å². The lowest BCUT2D eigenvalue weighted by molar-refractivity contribution is -0.101. The summed E-state index contributed by atoms with van der Waals surface area (Å²) in [4.78, 5) is 19.1. The Bertz CT molecular complexity index is 1430. The van der Waals surface area contributed by atoms with Crippen LogP contribution in [0.4, 0.5) is 4.39 Å². The van der Waals surface area contributed by atoms with Gasteiger partial charge in [0.05, 0.1) is 32.0 Å². The molecule has 7 nitrogen and oxygen atoms in total. The van der Waals surface area contributed by atoms with Crippen LogP contribution in [0.2, 0.25) is 25.7 Å². The molecule has 0 saturated heterocycles. The molecular weight excluding hydrogens is 513 g/mol. The first kappa shape index (κ1) is 28.5. The van der Waals surface area contributed by atoms with Crippen molar-refractivity contribution in [1.82, 2.24) is 14.8 Å². The molecule has 0 aliphatic heterocycles. The number of hydrogen-bond donors (Lipinski definition) is 0. The minimum absolute atomic E-state index is 0.211. The zero-order valence-electron chi connectivity index (χ0n) is 23.2. The highest BCUT2D eigenvalue weighted by molar-refractivity contribution is 6.76. The summed E-state index contributed by atoms with van der Waals surface area (Å²) in [6.07, 6.45) is 1.80. The Hall–Kier alpha value is -3.53. The first-order valence-corrected chi connectivity index (χ1v) is 16.8. The fourth-order valence-electron chi connectivity index (χ4n) is 4.32. The van der Waals surface area contributed by atoms with Crippen LogP contribution in [0.1, 0.15) is 22.8 Å². The largest absolute Gasteiger partial charge is 0.493 e. The molecule has 3 aromatic carbocycles. The van der Waals surface area contributed by atoms with E-state index in [9.17, 15) is 9.18 Å². The molecule has 4 rings (SSSR count). The van der Waals surface area contributed by atoms with Gasteiger partial charge in [0.25, 0.3) is 5.91 Å². The maximum absolute atomic E-state index is 13.9. The van der Waals surface area contributed by atoms with Crippen molar-refractivity contribution in [3.63, 3.8) is 0 Å². The Morgan fingerprint density at radius 3 is 2.59 bits per heavy atom. The zero-order chi connectivity index (χ0) is 28.0. The van der Waals surface area contributed by atoms with Gasteiger partial charge >= 0.3 is 0 Å². The van der Waals surface area contributed by atoms with Gasteiger partial charge in [0.15, 0.2) is 0 Å². The van der Waals surface area contributed by atoms with E-state index in [1.165, 1.54) is 24.3 Å². The third-order valence-corrected chi connectivity index (χ3v) is 8.08. The second-order valence-electron chi connectivity index (χ2n) is 10.5.